The maximum Gasteiger partial charge on any atom is 0.145 e. The number of hydrogen-bond donors (Lipinski definition) is 1. The maximum absolute atomic E-state index is 9.07. The topological polar surface area (TPSA) is 48.7 Å². The lowest BCUT2D eigenvalue weighted by molar-refractivity contribution is 0.686. The molecule has 1 aliphatic rings. The first kappa shape index (κ1) is 12.7. The molecular formula is C17H17N3. The predicted octanol–water partition coefficient (Wildman–Crippen LogP) is 3.44. The summed E-state index contributed by atoms with van der Waals surface area (Å²) in [6.07, 6.45) is 6.55. The minimum absolute atomic E-state index is 0.504. The Hall–Kier alpha value is -2.34. The third-order valence-corrected chi connectivity index (χ3v) is 3.86. The van der Waals surface area contributed by atoms with Gasteiger partial charge in [0.25, 0.3) is 0 Å². The smallest absolute Gasteiger partial charge is 0.145 e. The number of aryl methyl sites for hydroxylation is 1. The van der Waals surface area contributed by atoms with E-state index in [9.17, 15) is 0 Å². The molecule has 0 spiro atoms. The average molecular weight is 263 g/mol. The number of fused-ring (bicyclic) bond motifs is 1. The minimum Gasteiger partial charge on any atom is -0.381 e. The Kier molecular flexibility index (Phi) is 3.64. The van der Waals surface area contributed by atoms with E-state index in [2.05, 4.69) is 34.6 Å². The van der Waals surface area contributed by atoms with Gasteiger partial charge in [-0.1, -0.05) is 18.2 Å². The summed E-state index contributed by atoms with van der Waals surface area (Å²) in [4.78, 5) is 4.10. The summed E-state index contributed by atoms with van der Waals surface area (Å²) >= 11 is 0. The monoisotopic (exact) mass is 263 g/mol. The summed E-state index contributed by atoms with van der Waals surface area (Å²) in [7, 11) is 0. The van der Waals surface area contributed by atoms with E-state index in [0.717, 1.165) is 12.0 Å². The van der Waals surface area contributed by atoms with Gasteiger partial charge in [-0.2, -0.15) is 5.26 Å². The Bertz CT molecular complexity index is 656. The van der Waals surface area contributed by atoms with E-state index in [1.807, 2.05) is 12.1 Å². The van der Waals surface area contributed by atoms with E-state index in [1.165, 1.54) is 36.1 Å². The maximum atomic E-state index is 9.07. The lowest BCUT2D eigenvalue weighted by atomic mass is 9.90. The van der Waals surface area contributed by atoms with Gasteiger partial charge >= 0.3 is 0 Å². The van der Waals surface area contributed by atoms with Crippen molar-refractivity contribution in [2.24, 2.45) is 0 Å². The van der Waals surface area contributed by atoms with Crippen molar-refractivity contribution in [3.63, 3.8) is 0 Å². The van der Waals surface area contributed by atoms with Crippen LogP contribution in [0.4, 0.5) is 5.69 Å². The Labute approximate surface area is 119 Å². The molecule has 1 heterocycles. The Morgan fingerprint density at radius 2 is 2.05 bits per heavy atom. The van der Waals surface area contributed by atoms with Gasteiger partial charge in [-0.25, -0.2) is 4.98 Å². The molecule has 1 aliphatic carbocycles. The SMILES string of the molecule is N#Cc1ncccc1CNc1cccc2c1CCCC2. The third-order valence-electron chi connectivity index (χ3n) is 3.86. The molecule has 0 atom stereocenters. The van der Waals surface area contributed by atoms with Crippen molar-refractivity contribution >= 4 is 5.69 Å². The average Bonchev–Trinajstić information content (AvgIpc) is 2.53. The highest BCUT2D eigenvalue weighted by Gasteiger charge is 2.12. The molecule has 3 nitrogen and oxygen atoms in total. The van der Waals surface area contributed by atoms with Crippen LogP contribution in [0.1, 0.15) is 35.2 Å². The molecule has 2 aromatic rings. The highest BCUT2D eigenvalue weighted by molar-refractivity contribution is 5.56. The first-order chi connectivity index (χ1) is 9.88. The number of aromatic nitrogens is 1. The largest absolute Gasteiger partial charge is 0.381 e. The number of pyridine rings is 1. The number of benzene rings is 1. The minimum atomic E-state index is 0.504. The molecule has 0 fully saturated rings. The fraction of sp³-hybridized carbons (Fsp3) is 0.294. The Morgan fingerprint density at radius 1 is 1.15 bits per heavy atom. The summed E-state index contributed by atoms with van der Waals surface area (Å²) < 4.78 is 0. The van der Waals surface area contributed by atoms with Gasteiger partial charge in [0.15, 0.2) is 0 Å². The second-order valence-electron chi connectivity index (χ2n) is 5.13. The van der Waals surface area contributed by atoms with Crippen LogP contribution < -0.4 is 5.32 Å². The van der Waals surface area contributed by atoms with E-state index in [-0.39, 0.29) is 0 Å². The van der Waals surface area contributed by atoms with Crippen LogP contribution in [0.3, 0.4) is 0 Å². The van der Waals surface area contributed by atoms with E-state index >= 15 is 0 Å². The fourth-order valence-corrected chi connectivity index (χ4v) is 2.82. The molecule has 0 saturated heterocycles. The van der Waals surface area contributed by atoms with Gasteiger partial charge in [0.2, 0.25) is 0 Å². The lowest BCUT2D eigenvalue weighted by Crippen LogP contribution is -2.09. The Morgan fingerprint density at radius 3 is 2.95 bits per heavy atom. The first-order valence-corrected chi connectivity index (χ1v) is 7.07. The predicted molar refractivity (Wildman–Crippen MR) is 79.4 cm³/mol. The van der Waals surface area contributed by atoms with Gasteiger partial charge in [-0.3, -0.25) is 0 Å². The standard InChI is InChI=1S/C17H17N3/c18-11-17-14(7-4-10-19-17)12-20-16-9-3-6-13-5-1-2-8-15(13)16/h3-4,6-7,9-10,20H,1-2,5,8,12H2. The van der Waals surface area contributed by atoms with Crippen molar-refractivity contribution in [2.45, 2.75) is 32.2 Å². The normalized spacial score (nSPS) is 13.3. The molecule has 0 aliphatic heterocycles. The zero-order valence-corrected chi connectivity index (χ0v) is 11.4. The first-order valence-electron chi connectivity index (χ1n) is 7.07. The number of nitriles is 1. The van der Waals surface area contributed by atoms with Crippen LogP contribution in [0.2, 0.25) is 0 Å². The van der Waals surface area contributed by atoms with Crippen molar-refractivity contribution < 1.29 is 0 Å². The summed E-state index contributed by atoms with van der Waals surface area (Å²) in [6, 6.07) is 12.4. The van der Waals surface area contributed by atoms with Crippen LogP contribution in [-0.4, -0.2) is 4.98 Å². The third kappa shape index (κ3) is 2.50. The number of hydrogen-bond acceptors (Lipinski definition) is 3. The highest BCUT2D eigenvalue weighted by atomic mass is 14.9. The molecule has 100 valence electrons. The number of nitrogens with zero attached hydrogens (tertiary/aromatic N) is 2. The molecule has 1 aromatic heterocycles. The van der Waals surface area contributed by atoms with E-state index in [4.69, 9.17) is 5.26 Å². The van der Waals surface area contributed by atoms with Gasteiger partial charge < -0.3 is 5.32 Å². The van der Waals surface area contributed by atoms with Crippen molar-refractivity contribution in [3.05, 3.63) is 58.9 Å². The molecule has 20 heavy (non-hydrogen) atoms. The summed E-state index contributed by atoms with van der Waals surface area (Å²) in [5.41, 5.74) is 5.57. The van der Waals surface area contributed by atoms with Crippen LogP contribution in [0.5, 0.6) is 0 Å². The Balaban J connectivity index is 1.81. The van der Waals surface area contributed by atoms with Crippen LogP contribution >= 0.6 is 0 Å². The summed E-state index contributed by atoms with van der Waals surface area (Å²) in [5, 5.41) is 12.5. The van der Waals surface area contributed by atoms with Crippen molar-refractivity contribution in [3.8, 4) is 6.07 Å². The molecule has 0 bridgehead atoms. The second-order valence-corrected chi connectivity index (χ2v) is 5.13. The van der Waals surface area contributed by atoms with Gasteiger partial charge in [-0.05, 0) is 48.9 Å². The van der Waals surface area contributed by atoms with E-state index in [0.29, 0.717) is 12.2 Å². The quantitative estimate of drug-likeness (QED) is 0.922. The number of nitrogens with one attached hydrogen (secondary N) is 1. The molecule has 3 heteroatoms. The molecule has 1 aromatic carbocycles. The van der Waals surface area contributed by atoms with Crippen LogP contribution in [0, 0.1) is 11.3 Å². The van der Waals surface area contributed by atoms with Crippen molar-refractivity contribution in [1.29, 1.82) is 5.26 Å². The molecule has 0 unspecified atom stereocenters. The highest BCUT2D eigenvalue weighted by Crippen LogP contribution is 2.28. The molecular weight excluding hydrogens is 246 g/mol. The molecule has 0 radical (unpaired) electrons. The van der Waals surface area contributed by atoms with E-state index in [1.54, 1.807) is 6.20 Å². The van der Waals surface area contributed by atoms with Crippen LogP contribution in [-0.2, 0) is 19.4 Å². The van der Waals surface area contributed by atoms with Gasteiger partial charge in [0, 0.05) is 24.0 Å². The zero-order valence-electron chi connectivity index (χ0n) is 11.4. The number of anilines is 1. The van der Waals surface area contributed by atoms with Gasteiger partial charge in [0.05, 0.1) is 0 Å². The summed E-state index contributed by atoms with van der Waals surface area (Å²) in [5.74, 6) is 0. The molecule has 0 saturated carbocycles. The lowest BCUT2D eigenvalue weighted by Gasteiger charge is -2.20. The van der Waals surface area contributed by atoms with E-state index < -0.39 is 0 Å². The van der Waals surface area contributed by atoms with Gasteiger partial charge in [0.1, 0.15) is 11.8 Å². The molecule has 1 N–H and O–H groups in total. The fourth-order valence-electron chi connectivity index (χ4n) is 2.82. The molecule has 0 amide bonds. The second kappa shape index (κ2) is 5.75. The van der Waals surface area contributed by atoms with Crippen molar-refractivity contribution in [2.75, 3.05) is 5.32 Å². The number of rotatable bonds is 3. The van der Waals surface area contributed by atoms with Crippen LogP contribution in [0.25, 0.3) is 0 Å². The van der Waals surface area contributed by atoms with Gasteiger partial charge in [-0.15, -0.1) is 0 Å². The van der Waals surface area contributed by atoms with Crippen molar-refractivity contribution in [1.82, 2.24) is 4.98 Å². The summed E-state index contributed by atoms with van der Waals surface area (Å²) in [6.45, 7) is 0.646. The molecule has 3 rings (SSSR count). The van der Waals surface area contributed by atoms with Crippen LogP contribution in [0.15, 0.2) is 36.5 Å². The zero-order chi connectivity index (χ0) is 13.8.